The summed E-state index contributed by atoms with van der Waals surface area (Å²) in [6, 6.07) is 25.4. The molecular formula is C27H29N5S. The summed E-state index contributed by atoms with van der Waals surface area (Å²) in [4.78, 5) is 15.3. The van der Waals surface area contributed by atoms with Crippen LogP contribution >= 0.6 is 11.3 Å². The average molecular weight is 456 g/mol. The van der Waals surface area contributed by atoms with Crippen molar-refractivity contribution in [3.63, 3.8) is 0 Å². The summed E-state index contributed by atoms with van der Waals surface area (Å²) in [5.74, 6) is 0.850. The quantitative estimate of drug-likeness (QED) is 0.390. The van der Waals surface area contributed by atoms with Gasteiger partial charge in [-0.3, -0.25) is 4.90 Å². The lowest BCUT2D eigenvalue weighted by Gasteiger charge is -2.34. The molecular weight excluding hydrogens is 426 g/mol. The molecule has 33 heavy (non-hydrogen) atoms. The average Bonchev–Trinajstić information content (AvgIpc) is 3.33. The Morgan fingerprint density at radius 3 is 2.30 bits per heavy atom. The first-order chi connectivity index (χ1) is 16.3. The van der Waals surface area contributed by atoms with Gasteiger partial charge in [-0.1, -0.05) is 72.0 Å². The highest BCUT2D eigenvalue weighted by Crippen LogP contribution is 2.30. The summed E-state index contributed by atoms with van der Waals surface area (Å²) in [5.41, 5.74) is 3.89. The predicted octanol–water partition coefficient (Wildman–Crippen LogP) is 5.31. The van der Waals surface area contributed by atoms with Gasteiger partial charge in [-0.25, -0.2) is 9.97 Å². The molecule has 0 spiro atoms. The lowest BCUT2D eigenvalue weighted by atomic mass is 10.1. The van der Waals surface area contributed by atoms with Crippen LogP contribution < -0.4 is 5.32 Å². The Morgan fingerprint density at radius 2 is 1.52 bits per heavy atom. The number of nitrogens with one attached hydrogen (secondary N) is 1. The van der Waals surface area contributed by atoms with Gasteiger partial charge in [-0.15, -0.1) is 0 Å². The molecule has 5 nitrogen and oxygen atoms in total. The van der Waals surface area contributed by atoms with E-state index in [-0.39, 0.29) is 0 Å². The maximum absolute atomic E-state index is 4.53. The number of hydrogen-bond acceptors (Lipinski definition) is 6. The van der Waals surface area contributed by atoms with Crippen LogP contribution in [0.3, 0.4) is 0 Å². The van der Waals surface area contributed by atoms with Crippen molar-refractivity contribution >= 4 is 22.3 Å². The minimum absolute atomic E-state index is 0.850. The summed E-state index contributed by atoms with van der Waals surface area (Å²) >= 11 is 1.65. The molecule has 6 heteroatoms. The van der Waals surface area contributed by atoms with Crippen LogP contribution in [0.5, 0.6) is 0 Å². The van der Waals surface area contributed by atoms with Crippen LogP contribution in [0.15, 0.2) is 85.2 Å². The minimum Gasteiger partial charge on any atom is -0.316 e. The number of piperazine rings is 1. The smallest absolute Gasteiger partial charge is 0.188 e. The van der Waals surface area contributed by atoms with Crippen molar-refractivity contribution in [2.45, 2.75) is 13.0 Å². The number of anilines is 2. The third-order valence-corrected chi connectivity index (χ3v) is 7.02. The first kappa shape index (κ1) is 21.8. The number of thiazole rings is 1. The fourth-order valence-electron chi connectivity index (χ4n) is 4.18. The van der Waals surface area contributed by atoms with Gasteiger partial charge in [0.15, 0.2) is 5.13 Å². The summed E-state index contributed by atoms with van der Waals surface area (Å²) in [5, 5.41) is 4.25. The van der Waals surface area contributed by atoms with Gasteiger partial charge >= 0.3 is 0 Å². The second-order valence-electron chi connectivity index (χ2n) is 8.42. The van der Waals surface area contributed by atoms with Gasteiger partial charge in [0.2, 0.25) is 0 Å². The maximum Gasteiger partial charge on any atom is 0.188 e. The van der Waals surface area contributed by atoms with E-state index >= 15 is 0 Å². The van der Waals surface area contributed by atoms with Crippen LogP contribution in [0.1, 0.15) is 11.1 Å². The Morgan fingerprint density at radius 1 is 0.788 bits per heavy atom. The largest absolute Gasteiger partial charge is 0.316 e. The molecule has 2 aromatic heterocycles. The van der Waals surface area contributed by atoms with Crippen LogP contribution in [0.25, 0.3) is 10.4 Å². The van der Waals surface area contributed by atoms with Crippen molar-refractivity contribution in [3.8, 4) is 10.4 Å². The van der Waals surface area contributed by atoms with Crippen molar-refractivity contribution in [2.75, 3.05) is 38.0 Å². The van der Waals surface area contributed by atoms with Gasteiger partial charge in [0.05, 0.1) is 4.88 Å². The highest BCUT2D eigenvalue weighted by molar-refractivity contribution is 7.18. The Balaban J connectivity index is 1.12. The summed E-state index contributed by atoms with van der Waals surface area (Å²) in [7, 11) is 0. The second-order valence-corrected chi connectivity index (χ2v) is 9.45. The van der Waals surface area contributed by atoms with Gasteiger partial charge < -0.3 is 10.2 Å². The van der Waals surface area contributed by atoms with Crippen molar-refractivity contribution in [1.29, 1.82) is 0 Å². The highest BCUT2D eigenvalue weighted by Gasteiger charge is 2.17. The molecule has 4 aromatic rings. The van der Waals surface area contributed by atoms with Crippen LogP contribution in [0.4, 0.5) is 10.9 Å². The number of nitrogens with zero attached hydrogens (tertiary/aromatic N) is 4. The summed E-state index contributed by atoms with van der Waals surface area (Å²) in [6.45, 7) is 6.56. The topological polar surface area (TPSA) is 44.3 Å². The molecule has 0 amide bonds. The summed E-state index contributed by atoms with van der Waals surface area (Å²) < 4.78 is 0. The van der Waals surface area contributed by atoms with E-state index in [1.165, 1.54) is 16.7 Å². The number of benzene rings is 2. The fourth-order valence-corrected chi connectivity index (χ4v) is 5.01. The number of hydrogen-bond donors (Lipinski definition) is 1. The van der Waals surface area contributed by atoms with E-state index in [2.05, 4.69) is 91.8 Å². The number of pyridine rings is 1. The molecule has 1 aliphatic heterocycles. The molecule has 1 N–H and O–H groups in total. The molecule has 168 valence electrons. The Kier molecular flexibility index (Phi) is 7.06. The Bertz CT molecular complexity index is 1140. The van der Waals surface area contributed by atoms with E-state index in [9.17, 15) is 0 Å². The summed E-state index contributed by atoms with van der Waals surface area (Å²) in [6.07, 6.45) is 4.94. The SMILES string of the molecule is c1ccc(CCN2CCN(Cc3ccnc(Nc4ncc(-c5ccccc5)s4)c3)CC2)cc1. The zero-order valence-electron chi connectivity index (χ0n) is 18.7. The first-order valence-corrected chi connectivity index (χ1v) is 12.4. The molecule has 1 saturated heterocycles. The lowest BCUT2D eigenvalue weighted by Crippen LogP contribution is -2.46. The predicted molar refractivity (Wildman–Crippen MR) is 137 cm³/mol. The van der Waals surface area contributed by atoms with Crippen molar-refractivity contribution < 1.29 is 0 Å². The van der Waals surface area contributed by atoms with Gasteiger partial charge in [0.1, 0.15) is 5.82 Å². The standard InChI is InChI=1S/C27H29N5S/c1-3-7-22(8-4-1)12-14-31-15-17-32(18-16-31)21-23-11-13-28-26(19-23)30-27-29-20-25(33-27)24-9-5-2-6-10-24/h1-11,13,19-20H,12,14-18,21H2,(H,28,29,30). The van der Waals surface area contributed by atoms with Gasteiger partial charge in [0.25, 0.3) is 0 Å². The molecule has 3 heterocycles. The van der Waals surface area contributed by atoms with Crippen LogP contribution in [0, 0.1) is 0 Å². The van der Waals surface area contributed by atoms with Crippen molar-refractivity contribution in [2.24, 2.45) is 0 Å². The molecule has 0 aliphatic carbocycles. The highest BCUT2D eigenvalue weighted by atomic mass is 32.1. The third-order valence-electron chi connectivity index (χ3n) is 6.05. The van der Waals surface area contributed by atoms with Gasteiger partial charge in [-0.05, 0) is 35.2 Å². The third kappa shape index (κ3) is 6.05. The van der Waals surface area contributed by atoms with Crippen LogP contribution in [0.2, 0.25) is 0 Å². The maximum atomic E-state index is 4.53. The van der Waals surface area contributed by atoms with E-state index in [0.717, 1.165) is 61.5 Å². The lowest BCUT2D eigenvalue weighted by molar-refractivity contribution is 0.128. The fraction of sp³-hybridized carbons (Fsp3) is 0.259. The molecule has 0 unspecified atom stereocenters. The van der Waals surface area contributed by atoms with Gasteiger partial charge in [0, 0.05) is 51.7 Å². The Hall–Kier alpha value is -3.06. The molecule has 1 aliphatic rings. The van der Waals surface area contributed by atoms with E-state index in [4.69, 9.17) is 0 Å². The molecule has 1 fully saturated rings. The molecule has 2 aromatic carbocycles. The zero-order chi connectivity index (χ0) is 22.3. The molecule has 0 bridgehead atoms. The molecule has 0 radical (unpaired) electrons. The van der Waals surface area contributed by atoms with E-state index in [1.54, 1.807) is 11.3 Å². The zero-order valence-corrected chi connectivity index (χ0v) is 19.5. The normalized spacial score (nSPS) is 14.9. The Labute approximate surface area is 199 Å². The van der Waals surface area contributed by atoms with E-state index in [0.29, 0.717) is 0 Å². The minimum atomic E-state index is 0.850. The number of rotatable bonds is 8. The van der Waals surface area contributed by atoms with Crippen molar-refractivity contribution in [3.05, 3.63) is 96.3 Å². The van der Waals surface area contributed by atoms with E-state index < -0.39 is 0 Å². The molecule has 0 saturated carbocycles. The van der Waals surface area contributed by atoms with E-state index in [1.807, 2.05) is 18.5 Å². The van der Waals surface area contributed by atoms with Crippen molar-refractivity contribution in [1.82, 2.24) is 19.8 Å². The second kappa shape index (κ2) is 10.7. The van der Waals surface area contributed by atoms with Gasteiger partial charge in [-0.2, -0.15) is 0 Å². The molecule has 5 rings (SSSR count). The monoisotopic (exact) mass is 455 g/mol. The van der Waals surface area contributed by atoms with Crippen LogP contribution in [-0.2, 0) is 13.0 Å². The number of aromatic nitrogens is 2. The van der Waals surface area contributed by atoms with Crippen LogP contribution in [-0.4, -0.2) is 52.5 Å². The molecule has 0 atom stereocenters. The first-order valence-electron chi connectivity index (χ1n) is 11.5.